The largest absolute Gasteiger partial charge is 0.393 e. The van der Waals surface area contributed by atoms with Crippen LogP contribution < -0.4 is 5.32 Å². The Balaban J connectivity index is 1.71. The Hall–Kier alpha value is -0.290. The van der Waals surface area contributed by atoms with Gasteiger partial charge in [-0.1, -0.05) is 0 Å². The molecule has 0 aromatic heterocycles. The molecule has 3 aliphatic rings. The van der Waals surface area contributed by atoms with Crippen LogP contribution in [0.25, 0.3) is 0 Å². The van der Waals surface area contributed by atoms with Crippen LogP contribution in [0.15, 0.2) is 0 Å². The molecule has 19 heavy (non-hydrogen) atoms. The van der Waals surface area contributed by atoms with Crippen molar-refractivity contribution in [3.63, 3.8) is 0 Å². The predicted molar refractivity (Wildman–Crippen MR) is 65.8 cm³/mol. The van der Waals surface area contributed by atoms with Gasteiger partial charge in [-0.15, -0.1) is 0 Å². The lowest BCUT2D eigenvalue weighted by molar-refractivity contribution is -0.204. The molecular formula is C14H22F3NO. The van der Waals surface area contributed by atoms with Crippen molar-refractivity contribution in [1.29, 1.82) is 0 Å². The van der Waals surface area contributed by atoms with E-state index in [4.69, 9.17) is 4.74 Å². The molecule has 110 valence electrons. The minimum atomic E-state index is -4.07. The molecule has 3 unspecified atom stereocenters. The van der Waals surface area contributed by atoms with Crippen molar-refractivity contribution < 1.29 is 17.9 Å². The van der Waals surface area contributed by atoms with Gasteiger partial charge in [-0.3, -0.25) is 0 Å². The minimum absolute atomic E-state index is 0.0712. The summed E-state index contributed by atoms with van der Waals surface area (Å²) in [5.74, 6) is -1.04. The van der Waals surface area contributed by atoms with Crippen LogP contribution in [0, 0.1) is 11.8 Å². The van der Waals surface area contributed by atoms with Crippen molar-refractivity contribution in [2.24, 2.45) is 11.8 Å². The Kier molecular flexibility index (Phi) is 3.54. The smallest absolute Gasteiger partial charge is 0.375 e. The topological polar surface area (TPSA) is 21.3 Å². The zero-order chi connectivity index (χ0) is 13.5. The fourth-order valence-electron chi connectivity index (χ4n) is 4.07. The fourth-order valence-corrected chi connectivity index (χ4v) is 4.07. The van der Waals surface area contributed by atoms with Gasteiger partial charge in [0.05, 0.1) is 11.5 Å². The number of ether oxygens (including phenoxy) is 1. The number of hydrogen-bond acceptors (Lipinski definition) is 2. The molecule has 0 aromatic carbocycles. The van der Waals surface area contributed by atoms with Crippen molar-refractivity contribution in [2.75, 3.05) is 13.2 Å². The second kappa shape index (κ2) is 4.92. The quantitative estimate of drug-likeness (QED) is 0.794. The SMILES string of the molecule is FC(F)(F)C1CCCNC1C1CCOC2(CCC2)C1. The number of alkyl halides is 3. The van der Waals surface area contributed by atoms with E-state index in [2.05, 4.69) is 5.32 Å². The van der Waals surface area contributed by atoms with Crippen LogP contribution in [-0.2, 0) is 4.74 Å². The summed E-state index contributed by atoms with van der Waals surface area (Å²) in [7, 11) is 0. The first-order chi connectivity index (χ1) is 9.00. The van der Waals surface area contributed by atoms with Crippen molar-refractivity contribution in [3.05, 3.63) is 0 Å². The van der Waals surface area contributed by atoms with E-state index in [-0.39, 0.29) is 17.9 Å². The third-order valence-corrected chi connectivity index (χ3v) is 5.23. The number of halogens is 3. The molecule has 0 aromatic rings. The molecule has 0 amide bonds. The van der Waals surface area contributed by atoms with Crippen LogP contribution >= 0.6 is 0 Å². The molecule has 5 heteroatoms. The minimum Gasteiger partial charge on any atom is -0.375 e. The first-order valence-electron chi connectivity index (χ1n) is 7.44. The van der Waals surface area contributed by atoms with Crippen molar-refractivity contribution in [3.8, 4) is 0 Å². The summed E-state index contributed by atoms with van der Waals surface area (Å²) in [5, 5.41) is 3.16. The fraction of sp³-hybridized carbons (Fsp3) is 1.00. The van der Waals surface area contributed by atoms with Crippen LogP contribution in [0.3, 0.4) is 0 Å². The third kappa shape index (κ3) is 2.64. The van der Waals surface area contributed by atoms with Gasteiger partial charge < -0.3 is 10.1 Å². The van der Waals surface area contributed by atoms with Gasteiger partial charge in [-0.25, -0.2) is 0 Å². The molecule has 2 nitrogen and oxygen atoms in total. The molecule has 3 rings (SSSR count). The highest BCUT2D eigenvalue weighted by Crippen LogP contribution is 2.47. The van der Waals surface area contributed by atoms with Crippen molar-refractivity contribution >= 4 is 0 Å². The van der Waals surface area contributed by atoms with E-state index in [1.807, 2.05) is 0 Å². The Labute approximate surface area is 112 Å². The molecule has 2 heterocycles. The molecule has 1 aliphatic carbocycles. The lowest BCUT2D eigenvalue weighted by atomic mass is 9.68. The standard InChI is InChI=1S/C14H22F3NO/c15-14(16,17)11-3-1-7-18-12(11)10-4-8-19-13(9-10)5-2-6-13/h10-12,18H,1-9H2. The van der Waals surface area contributed by atoms with Gasteiger partial charge in [0.15, 0.2) is 0 Å². The summed E-state index contributed by atoms with van der Waals surface area (Å²) >= 11 is 0. The predicted octanol–water partition coefficient (Wildman–Crippen LogP) is 3.27. The van der Waals surface area contributed by atoms with Crippen LogP contribution in [0.2, 0.25) is 0 Å². The van der Waals surface area contributed by atoms with Crippen LogP contribution in [0.4, 0.5) is 13.2 Å². The Bertz CT molecular complexity index is 327. The first-order valence-corrected chi connectivity index (χ1v) is 7.44. The van der Waals surface area contributed by atoms with E-state index in [0.717, 1.165) is 38.6 Å². The molecule has 2 saturated heterocycles. The third-order valence-electron chi connectivity index (χ3n) is 5.23. The summed E-state index contributed by atoms with van der Waals surface area (Å²) in [5.41, 5.74) is -0.0712. The Morgan fingerprint density at radius 2 is 1.89 bits per heavy atom. The van der Waals surface area contributed by atoms with Crippen molar-refractivity contribution in [1.82, 2.24) is 5.32 Å². The zero-order valence-corrected chi connectivity index (χ0v) is 11.1. The summed E-state index contributed by atoms with van der Waals surface area (Å²) in [6.07, 6.45) is 1.67. The maximum atomic E-state index is 13.2. The van der Waals surface area contributed by atoms with Crippen LogP contribution in [-0.4, -0.2) is 31.0 Å². The van der Waals surface area contributed by atoms with Crippen LogP contribution in [0.1, 0.15) is 44.9 Å². The van der Waals surface area contributed by atoms with E-state index in [9.17, 15) is 13.2 Å². The average Bonchev–Trinajstić information content (AvgIpc) is 2.36. The lowest BCUT2D eigenvalue weighted by Gasteiger charge is -2.50. The Morgan fingerprint density at radius 1 is 1.11 bits per heavy atom. The maximum Gasteiger partial charge on any atom is 0.393 e. The number of rotatable bonds is 1. The van der Waals surface area contributed by atoms with Gasteiger partial charge in [0.1, 0.15) is 0 Å². The molecule has 2 aliphatic heterocycles. The molecule has 3 fully saturated rings. The highest BCUT2D eigenvalue weighted by Gasteiger charge is 2.51. The van der Waals surface area contributed by atoms with E-state index in [1.54, 1.807) is 0 Å². The summed E-state index contributed by atoms with van der Waals surface area (Å²) in [4.78, 5) is 0. The number of hydrogen-bond donors (Lipinski definition) is 1. The van der Waals surface area contributed by atoms with E-state index < -0.39 is 18.1 Å². The molecule has 0 bridgehead atoms. The summed E-state index contributed by atoms with van der Waals surface area (Å²) in [6, 6.07) is -0.393. The van der Waals surface area contributed by atoms with Crippen LogP contribution in [0.5, 0.6) is 0 Å². The maximum absolute atomic E-state index is 13.2. The van der Waals surface area contributed by atoms with Gasteiger partial charge in [0, 0.05) is 12.6 Å². The van der Waals surface area contributed by atoms with Gasteiger partial charge in [0.25, 0.3) is 0 Å². The van der Waals surface area contributed by atoms with E-state index >= 15 is 0 Å². The van der Waals surface area contributed by atoms with Gasteiger partial charge in [-0.2, -0.15) is 13.2 Å². The van der Waals surface area contributed by atoms with E-state index in [0.29, 0.717) is 13.0 Å². The molecule has 1 N–H and O–H groups in total. The van der Waals surface area contributed by atoms with Gasteiger partial charge in [-0.05, 0) is 57.4 Å². The van der Waals surface area contributed by atoms with E-state index in [1.165, 1.54) is 0 Å². The molecular weight excluding hydrogens is 255 g/mol. The number of nitrogens with one attached hydrogen (secondary N) is 1. The van der Waals surface area contributed by atoms with Crippen molar-refractivity contribution in [2.45, 2.75) is 62.8 Å². The average molecular weight is 277 g/mol. The molecule has 1 spiro atoms. The normalized spacial score (nSPS) is 39.0. The second-order valence-corrected chi connectivity index (χ2v) is 6.41. The summed E-state index contributed by atoms with van der Waals surface area (Å²) in [6.45, 7) is 1.36. The van der Waals surface area contributed by atoms with Gasteiger partial charge >= 0.3 is 6.18 Å². The monoisotopic (exact) mass is 277 g/mol. The highest BCUT2D eigenvalue weighted by atomic mass is 19.4. The lowest BCUT2D eigenvalue weighted by Crippen LogP contribution is -2.56. The molecule has 1 saturated carbocycles. The second-order valence-electron chi connectivity index (χ2n) is 6.41. The highest BCUT2D eigenvalue weighted by molar-refractivity contribution is 4.99. The molecule has 3 atom stereocenters. The Morgan fingerprint density at radius 3 is 2.53 bits per heavy atom. The van der Waals surface area contributed by atoms with Gasteiger partial charge in [0.2, 0.25) is 0 Å². The zero-order valence-electron chi connectivity index (χ0n) is 11.1. The molecule has 0 radical (unpaired) electrons. The summed E-state index contributed by atoms with van der Waals surface area (Å²) < 4.78 is 45.3. The number of piperidine rings is 1. The first kappa shape index (κ1) is 13.7.